The molecule has 234 valence electrons. The summed E-state index contributed by atoms with van der Waals surface area (Å²) in [4.78, 5) is 58.6. The van der Waals surface area contributed by atoms with Crippen LogP contribution < -0.4 is 24.6 Å². The van der Waals surface area contributed by atoms with Gasteiger partial charge < -0.3 is 19.8 Å². The smallest absolute Gasteiger partial charge is 0.305 e. The van der Waals surface area contributed by atoms with Crippen LogP contribution in [0, 0.1) is 29.6 Å². The number of anilines is 2. The van der Waals surface area contributed by atoms with Crippen LogP contribution in [-0.2, 0) is 14.4 Å². The number of hydrogen-bond acceptors (Lipinski definition) is 8. The molecule has 4 aliphatic rings. The van der Waals surface area contributed by atoms with Gasteiger partial charge in [-0.15, -0.1) is 11.8 Å². The Balaban J connectivity index is 1.13. The average molecular weight is 674 g/mol. The molecule has 2 aliphatic heterocycles. The van der Waals surface area contributed by atoms with Crippen LogP contribution in [0.5, 0.6) is 11.5 Å². The summed E-state index contributed by atoms with van der Waals surface area (Å²) >= 11 is 9.35. The summed E-state index contributed by atoms with van der Waals surface area (Å²) in [5.41, 5.74) is 1.97. The monoisotopic (exact) mass is 673 g/mol. The number of hydrogen-bond donors (Lipinski definition) is 2. The molecular formula is C34H28ClN3O6S2. The molecule has 1 aromatic heterocycles. The third-order valence-corrected chi connectivity index (χ3v) is 12.6. The van der Waals surface area contributed by atoms with E-state index in [1.165, 1.54) is 4.90 Å². The van der Waals surface area contributed by atoms with Gasteiger partial charge in [0.15, 0.2) is 6.61 Å². The second-order valence-electron chi connectivity index (χ2n) is 12.1. The van der Waals surface area contributed by atoms with Crippen molar-refractivity contribution in [1.82, 2.24) is 4.98 Å². The van der Waals surface area contributed by atoms with Crippen LogP contribution in [0.3, 0.4) is 0 Å². The van der Waals surface area contributed by atoms with E-state index in [-0.39, 0.29) is 58.1 Å². The number of nitrogens with zero attached hydrogens (tertiary/aromatic N) is 1. The highest BCUT2D eigenvalue weighted by atomic mass is 35.5. The molecule has 46 heavy (non-hydrogen) atoms. The first-order chi connectivity index (χ1) is 22.3. The van der Waals surface area contributed by atoms with Crippen LogP contribution in [0.4, 0.5) is 11.4 Å². The summed E-state index contributed by atoms with van der Waals surface area (Å²) in [6.45, 7) is -0.248. The number of carbonyl (C=O) groups excluding carboxylic acids is 3. The maximum absolute atomic E-state index is 14.0. The Morgan fingerprint density at radius 3 is 2.48 bits per heavy atom. The summed E-state index contributed by atoms with van der Waals surface area (Å²) in [7, 11) is 1.58. The molecule has 12 heteroatoms. The van der Waals surface area contributed by atoms with E-state index in [2.05, 4.69) is 10.3 Å². The van der Waals surface area contributed by atoms with E-state index in [1.807, 2.05) is 24.3 Å². The quantitative estimate of drug-likeness (QED) is 0.238. The average Bonchev–Trinajstić information content (AvgIpc) is 3.80. The van der Waals surface area contributed by atoms with E-state index >= 15 is 0 Å². The molecule has 9 nitrogen and oxygen atoms in total. The van der Waals surface area contributed by atoms with E-state index < -0.39 is 11.8 Å². The molecule has 8 rings (SSSR count). The predicted molar refractivity (Wildman–Crippen MR) is 176 cm³/mol. The zero-order valence-corrected chi connectivity index (χ0v) is 26.9. The van der Waals surface area contributed by atoms with Gasteiger partial charge in [0.05, 0.1) is 29.7 Å². The van der Waals surface area contributed by atoms with Gasteiger partial charge in [-0.1, -0.05) is 41.1 Å². The zero-order chi connectivity index (χ0) is 31.7. The van der Waals surface area contributed by atoms with Gasteiger partial charge in [-0.3, -0.25) is 24.1 Å². The SMILES string of the molecule is COc1ccc(NC(=O)COc2ccc(Cl)cc2[C@H]2c3sc(=O)[nH]c3SC3C4CC(C5C(=O)N(c6ccccc6)C(=O)C45)C32)cc1. The molecule has 0 radical (unpaired) electrons. The number of aromatic amines is 1. The first-order valence-corrected chi connectivity index (χ1v) is 17.1. The molecule has 7 atom stereocenters. The van der Waals surface area contributed by atoms with Crippen molar-refractivity contribution in [3.8, 4) is 11.5 Å². The highest BCUT2D eigenvalue weighted by Crippen LogP contribution is 2.69. The number of fused-ring (bicyclic) bond motifs is 9. The Labute approximate surface area is 277 Å². The summed E-state index contributed by atoms with van der Waals surface area (Å²) in [6, 6.07) is 21.4. The third kappa shape index (κ3) is 4.66. The molecule has 2 N–H and O–H groups in total. The largest absolute Gasteiger partial charge is 0.497 e. The number of rotatable bonds is 7. The fraction of sp³-hybridized carbons (Fsp3) is 0.294. The van der Waals surface area contributed by atoms with Gasteiger partial charge >= 0.3 is 4.87 Å². The number of halogens is 1. The highest BCUT2D eigenvalue weighted by molar-refractivity contribution is 8.00. The third-order valence-electron chi connectivity index (χ3n) is 9.78. The standard InChI is InChI=1S/C34H28ClN3O6S2/c1-43-19-10-8-17(9-11-19)36-24(39)15-44-23-12-7-16(35)13-20(23)25-26-21-14-22(29(26)45-31-30(25)46-34(42)37-31)28-27(21)32(40)38(33(28)41)18-5-3-2-4-6-18/h2-13,21-22,25-29H,14-15H2,1H3,(H,36,39)(H,37,42)/t21?,22?,25-,26?,27?,28?,29?/m1/s1. The van der Waals surface area contributed by atoms with Gasteiger partial charge in [-0.05, 0) is 78.8 Å². The lowest BCUT2D eigenvalue weighted by molar-refractivity contribution is -0.123. The Bertz CT molecular complexity index is 1930. The number of thiazole rings is 1. The molecule has 3 amide bonds. The number of thioether (sulfide) groups is 1. The number of carbonyl (C=O) groups is 3. The number of imide groups is 1. The second-order valence-corrected chi connectivity index (χ2v) is 14.7. The Hall–Kier alpha value is -4.06. The van der Waals surface area contributed by atoms with Crippen molar-refractivity contribution < 1.29 is 23.9 Å². The lowest BCUT2D eigenvalue weighted by Crippen LogP contribution is -2.42. The van der Waals surface area contributed by atoms with Crippen molar-refractivity contribution in [2.75, 3.05) is 23.9 Å². The van der Waals surface area contributed by atoms with Crippen molar-refractivity contribution in [3.63, 3.8) is 0 Å². The number of nitrogens with one attached hydrogen (secondary N) is 2. The van der Waals surface area contributed by atoms with Gasteiger partial charge in [-0.25, -0.2) is 0 Å². The molecular weight excluding hydrogens is 646 g/mol. The minimum absolute atomic E-state index is 0.00618. The van der Waals surface area contributed by atoms with Crippen LogP contribution >= 0.6 is 34.7 Å². The molecule has 3 fully saturated rings. The van der Waals surface area contributed by atoms with Gasteiger partial charge in [0.25, 0.3) is 5.91 Å². The number of amides is 3. The lowest BCUT2D eigenvalue weighted by atomic mass is 9.68. The first kappa shape index (κ1) is 29.3. The second kappa shape index (κ2) is 11.3. The minimum Gasteiger partial charge on any atom is -0.497 e. The van der Waals surface area contributed by atoms with Crippen LogP contribution in [-0.4, -0.2) is 41.7 Å². The topological polar surface area (TPSA) is 118 Å². The van der Waals surface area contributed by atoms with Crippen molar-refractivity contribution in [2.45, 2.75) is 22.6 Å². The maximum atomic E-state index is 14.0. The van der Waals surface area contributed by atoms with Crippen LogP contribution in [0.25, 0.3) is 0 Å². The summed E-state index contributed by atoms with van der Waals surface area (Å²) in [5.74, 6) is -0.737. The van der Waals surface area contributed by atoms with Crippen molar-refractivity contribution in [1.29, 1.82) is 0 Å². The fourth-order valence-corrected chi connectivity index (χ4v) is 11.2. The zero-order valence-electron chi connectivity index (χ0n) is 24.5. The molecule has 2 saturated carbocycles. The van der Waals surface area contributed by atoms with Gasteiger partial charge in [-0.2, -0.15) is 0 Å². The van der Waals surface area contributed by atoms with Gasteiger partial charge in [0.1, 0.15) is 11.5 Å². The molecule has 4 aromatic rings. The number of ether oxygens (including phenoxy) is 2. The maximum Gasteiger partial charge on any atom is 0.305 e. The summed E-state index contributed by atoms with van der Waals surface area (Å²) in [6.07, 6.45) is 0.758. The van der Waals surface area contributed by atoms with Gasteiger partial charge in [0.2, 0.25) is 11.8 Å². The molecule has 3 aromatic carbocycles. The van der Waals surface area contributed by atoms with E-state index in [0.717, 1.165) is 33.2 Å². The number of H-pyrrole nitrogens is 1. The highest BCUT2D eigenvalue weighted by Gasteiger charge is 2.69. The number of aromatic nitrogens is 1. The van der Waals surface area contributed by atoms with Crippen LogP contribution in [0.1, 0.15) is 22.8 Å². The van der Waals surface area contributed by atoms with Crippen molar-refractivity contribution >= 4 is 63.8 Å². The normalized spacial score (nSPS) is 27.3. The molecule has 6 unspecified atom stereocenters. The predicted octanol–water partition coefficient (Wildman–Crippen LogP) is 5.79. The van der Waals surface area contributed by atoms with E-state index in [1.54, 1.807) is 67.4 Å². The molecule has 3 heterocycles. The van der Waals surface area contributed by atoms with E-state index in [0.29, 0.717) is 27.9 Å². The number of methoxy groups -OCH3 is 1. The fourth-order valence-electron chi connectivity index (χ4n) is 8.11. The van der Waals surface area contributed by atoms with E-state index in [4.69, 9.17) is 21.1 Å². The number of benzene rings is 3. The Kier molecular flexibility index (Phi) is 7.23. The van der Waals surface area contributed by atoms with Crippen molar-refractivity contribution in [2.24, 2.45) is 29.6 Å². The minimum atomic E-state index is -0.432. The van der Waals surface area contributed by atoms with Crippen molar-refractivity contribution in [3.05, 3.63) is 97.9 Å². The van der Waals surface area contributed by atoms with Crippen LogP contribution in [0.2, 0.25) is 5.02 Å². The Morgan fingerprint density at radius 1 is 1.00 bits per heavy atom. The van der Waals surface area contributed by atoms with Crippen LogP contribution in [0.15, 0.2) is 82.6 Å². The van der Waals surface area contributed by atoms with Gasteiger partial charge in [0, 0.05) is 32.3 Å². The molecule has 0 spiro atoms. The molecule has 2 bridgehead atoms. The summed E-state index contributed by atoms with van der Waals surface area (Å²) < 4.78 is 11.3. The Morgan fingerprint density at radius 2 is 1.74 bits per heavy atom. The molecule has 1 saturated heterocycles. The lowest BCUT2D eigenvalue weighted by Gasteiger charge is -2.43. The number of para-hydroxylation sites is 1. The summed E-state index contributed by atoms with van der Waals surface area (Å²) in [5, 5.41) is 4.12. The molecule has 2 aliphatic carbocycles. The first-order valence-electron chi connectivity index (χ1n) is 15.0. The van der Waals surface area contributed by atoms with E-state index in [9.17, 15) is 19.2 Å².